The number of hydrogen-bond acceptors (Lipinski definition) is 2. The minimum absolute atomic E-state index is 0. The van der Waals surface area contributed by atoms with Crippen LogP contribution in [0.3, 0.4) is 0 Å². The van der Waals surface area contributed by atoms with Gasteiger partial charge in [0.1, 0.15) is 5.70 Å². The molecule has 5 rings (SSSR count). The van der Waals surface area contributed by atoms with Crippen LogP contribution in [0.15, 0.2) is 30.3 Å². The van der Waals surface area contributed by atoms with Crippen molar-refractivity contribution in [3.63, 3.8) is 0 Å². The molecule has 2 aromatic rings. The molecular formula is C20H22Cl2N2O. The van der Waals surface area contributed by atoms with Crippen LogP contribution in [0.1, 0.15) is 43.5 Å². The topological polar surface area (TPSA) is 25.2 Å². The van der Waals surface area contributed by atoms with Crippen molar-refractivity contribution in [3.05, 3.63) is 41.6 Å². The molecule has 2 atom stereocenters. The highest BCUT2D eigenvalue weighted by atomic mass is 35.5. The van der Waals surface area contributed by atoms with Crippen LogP contribution in [0.25, 0.3) is 16.6 Å². The van der Waals surface area contributed by atoms with Gasteiger partial charge in [-0.25, -0.2) is 0 Å². The molecule has 1 aromatic carbocycles. The zero-order valence-electron chi connectivity index (χ0n) is 14.3. The van der Waals surface area contributed by atoms with E-state index in [1.165, 1.54) is 23.1 Å². The van der Waals surface area contributed by atoms with Crippen LogP contribution in [0.5, 0.6) is 0 Å². The largest absolute Gasteiger partial charge is 0.308 e. The van der Waals surface area contributed by atoms with Crippen molar-refractivity contribution < 1.29 is 4.79 Å². The lowest BCUT2D eigenvalue weighted by atomic mass is 9.66. The van der Waals surface area contributed by atoms with Gasteiger partial charge in [0.05, 0.1) is 11.6 Å². The Hall–Kier alpha value is -1.29. The van der Waals surface area contributed by atoms with E-state index in [9.17, 15) is 4.79 Å². The molecule has 3 aliphatic rings. The molecule has 0 spiro atoms. The van der Waals surface area contributed by atoms with E-state index in [1.807, 2.05) is 6.07 Å². The van der Waals surface area contributed by atoms with Gasteiger partial charge < -0.3 is 4.57 Å². The third-order valence-electron chi connectivity index (χ3n) is 6.45. The first-order valence-corrected chi connectivity index (χ1v) is 9.33. The molecule has 3 nitrogen and oxygen atoms in total. The fourth-order valence-electron chi connectivity index (χ4n) is 5.42. The number of hydrogen-bond donors (Lipinski definition) is 0. The van der Waals surface area contributed by atoms with Crippen molar-refractivity contribution >= 4 is 45.9 Å². The minimum atomic E-state index is -0.340. The van der Waals surface area contributed by atoms with Crippen LogP contribution in [0, 0.1) is 5.41 Å². The van der Waals surface area contributed by atoms with Gasteiger partial charge in [0, 0.05) is 23.0 Å². The van der Waals surface area contributed by atoms with Crippen molar-refractivity contribution in [1.82, 2.24) is 9.47 Å². The number of carbonyl (C=O) groups is 1. The number of halogens is 2. The minimum Gasteiger partial charge on any atom is -0.308 e. The summed E-state index contributed by atoms with van der Waals surface area (Å²) in [7, 11) is 0. The number of para-hydroxylation sites is 1. The molecule has 4 heterocycles. The molecule has 0 N–H and O–H groups in total. The monoisotopic (exact) mass is 376 g/mol. The van der Waals surface area contributed by atoms with Crippen LogP contribution in [0.2, 0.25) is 0 Å². The summed E-state index contributed by atoms with van der Waals surface area (Å²) in [5.41, 5.74) is 4.58. The number of rotatable bonds is 2. The highest BCUT2D eigenvalue weighted by Crippen LogP contribution is 2.57. The van der Waals surface area contributed by atoms with Crippen molar-refractivity contribution in [3.8, 4) is 0 Å². The first-order valence-electron chi connectivity index (χ1n) is 8.95. The number of benzene rings is 1. The fourth-order valence-corrected chi connectivity index (χ4v) is 5.56. The van der Waals surface area contributed by atoms with Gasteiger partial charge >= 0.3 is 0 Å². The molecule has 25 heavy (non-hydrogen) atoms. The summed E-state index contributed by atoms with van der Waals surface area (Å²) < 4.78 is 2.16. The quantitative estimate of drug-likeness (QED) is 0.705. The number of piperidine rings is 1. The molecular weight excluding hydrogens is 355 g/mol. The van der Waals surface area contributed by atoms with E-state index in [-0.39, 0.29) is 23.1 Å². The molecule has 0 unspecified atom stereocenters. The summed E-state index contributed by atoms with van der Waals surface area (Å²) in [6.45, 7) is 4.53. The van der Waals surface area contributed by atoms with E-state index in [0.717, 1.165) is 37.9 Å². The van der Waals surface area contributed by atoms with E-state index < -0.39 is 0 Å². The van der Waals surface area contributed by atoms with Gasteiger partial charge in [-0.3, -0.25) is 9.69 Å². The number of fused-ring (bicyclic) bond motifs is 3. The Morgan fingerprint density at radius 3 is 2.88 bits per heavy atom. The highest BCUT2D eigenvalue weighted by molar-refractivity contribution is 6.73. The van der Waals surface area contributed by atoms with E-state index >= 15 is 0 Å². The van der Waals surface area contributed by atoms with Gasteiger partial charge in [-0.1, -0.05) is 25.1 Å². The molecule has 132 valence electrons. The van der Waals surface area contributed by atoms with Crippen molar-refractivity contribution in [1.29, 1.82) is 0 Å². The number of nitrogens with zero attached hydrogens (tertiary/aromatic N) is 2. The zero-order valence-corrected chi connectivity index (χ0v) is 15.9. The first-order chi connectivity index (χ1) is 11.7. The second kappa shape index (κ2) is 5.87. The normalized spacial score (nSPS) is 27.4. The molecule has 3 aliphatic heterocycles. The third-order valence-corrected chi connectivity index (χ3v) is 6.64. The van der Waals surface area contributed by atoms with Crippen LogP contribution >= 0.6 is 24.0 Å². The van der Waals surface area contributed by atoms with E-state index in [1.54, 1.807) is 0 Å². The Morgan fingerprint density at radius 1 is 1.32 bits per heavy atom. The summed E-state index contributed by atoms with van der Waals surface area (Å²) in [5, 5.41) is 0.945. The molecule has 0 saturated carbocycles. The first kappa shape index (κ1) is 17.1. The van der Waals surface area contributed by atoms with E-state index in [4.69, 9.17) is 11.6 Å². The lowest BCUT2D eigenvalue weighted by molar-refractivity contribution is -0.107. The lowest BCUT2D eigenvalue weighted by Gasteiger charge is -2.53. The summed E-state index contributed by atoms with van der Waals surface area (Å²) in [6, 6.07) is 8.84. The number of carbonyl (C=O) groups excluding carboxylic acids is 1. The molecule has 1 fully saturated rings. The maximum atomic E-state index is 12.3. The van der Waals surface area contributed by atoms with Crippen molar-refractivity contribution in [2.45, 2.75) is 38.6 Å². The average Bonchev–Trinajstić information content (AvgIpc) is 2.95. The molecule has 0 aliphatic carbocycles. The Balaban J connectivity index is 0.00000157. The maximum Gasteiger partial charge on any atom is 0.268 e. The fraction of sp³-hybridized carbons (Fsp3) is 0.450. The van der Waals surface area contributed by atoms with Crippen LogP contribution in [-0.2, 0) is 11.2 Å². The Morgan fingerprint density at radius 2 is 2.12 bits per heavy atom. The van der Waals surface area contributed by atoms with Gasteiger partial charge in [0.2, 0.25) is 0 Å². The van der Waals surface area contributed by atoms with Gasteiger partial charge in [-0.15, -0.1) is 12.4 Å². The second-order valence-corrected chi connectivity index (χ2v) is 7.74. The molecule has 0 bridgehead atoms. The predicted molar refractivity (Wildman–Crippen MR) is 104 cm³/mol. The van der Waals surface area contributed by atoms with Gasteiger partial charge in [0.15, 0.2) is 0 Å². The zero-order chi connectivity index (χ0) is 16.5. The van der Waals surface area contributed by atoms with E-state index in [2.05, 4.69) is 40.7 Å². The summed E-state index contributed by atoms with van der Waals surface area (Å²) in [6.07, 6.45) is 6.64. The standard InChI is InChI=1S/C20H21ClN2O.ClH/c1-2-20-9-5-10-22-11-8-14-13-6-3-4-7-15(13)23(17(14)18(20)22)16(12-20)19(21)24;/h3-4,6-7,12,18H,2,5,8-11H2,1H3;1H/t18-,20-;/m1./s1. The van der Waals surface area contributed by atoms with Crippen LogP contribution in [0.4, 0.5) is 0 Å². The number of aromatic nitrogens is 1. The third kappa shape index (κ3) is 2.12. The molecule has 0 amide bonds. The molecule has 5 heteroatoms. The molecule has 1 saturated heterocycles. The van der Waals surface area contributed by atoms with Gasteiger partial charge in [0.25, 0.3) is 5.24 Å². The number of allylic oxidation sites excluding steroid dienone is 1. The second-order valence-electron chi connectivity index (χ2n) is 7.40. The Labute approximate surface area is 159 Å². The summed E-state index contributed by atoms with van der Waals surface area (Å²) in [4.78, 5) is 14.9. The predicted octanol–water partition coefficient (Wildman–Crippen LogP) is 4.77. The average molecular weight is 377 g/mol. The smallest absolute Gasteiger partial charge is 0.268 e. The maximum absolute atomic E-state index is 12.3. The van der Waals surface area contributed by atoms with Crippen molar-refractivity contribution in [2.75, 3.05) is 13.1 Å². The summed E-state index contributed by atoms with van der Waals surface area (Å²) in [5.74, 6) is 0. The van der Waals surface area contributed by atoms with Crippen LogP contribution < -0.4 is 0 Å². The van der Waals surface area contributed by atoms with Crippen molar-refractivity contribution in [2.24, 2.45) is 5.41 Å². The van der Waals surface area contributed by atoms with Crippen LogP contribution in [-0.4, -0.2) is 27.8 Å². The van der Waals surface area contributed by atoms with Gasteiger partial charge in [-0.2, -0.15) is 0 Å². The van der Waals surface area contributed by atoms with E-state index in [0.29, 0.717) is 11.7 Å². The molecule has 1 aromatic heterocycles. The Bertz CT molecular complexity index is 900. The lowest BCUT2D eigenvalue weighted by Crippen LogP contribution is -2.50. The summed E-state index contributed by atoms with van der Waals surface area (Å²) >= 11 is 6.06. The van der Waals surface area contributed by atoms with Gasteiger partial charge in [-0.05, 0) is 61.5 Å². The molecule has 0 radical (unpaired) electrons. The Kier molecular flexibility index (Phi) is 4.02. The SMILES string of the molecule is CC[C@]12C=C(C(=O)Cl)n3c4c(c5ccccc53)CCN(CCC1)[C@H]42.Cl. The highest BCUT2D eigenvalue weighted by Gasteiger charge is 2.50.